The monoisotopic (exact) mass is 568 g/mol. The molecule has 0 aliphatic heterocycles. The van der Waals surface area contributed by atoms with E-state index in [0.29, 0.717) is 23.7 Å². The van der Waals surface area contributed by atoms with E-state index in [1.54, 1.807) is 0 Å². The van der Waals surface area contributed by atoms with E-state index in [-0.39, 0.29) is 13.1 Å². The Morgan fingerprint density at radius 2 is 0.861 bits per heavy atom. The van der Waals surface area contributed by atoms with Crippen molar-refractivity contribution in [1.29, 1.82) is 0 Å². The first-order chi connectivity index (χ1) is 17.1. The van der Waals surface area contributed by atoms with Crippen molar-refractivity contribution in [3.8, 4) is 0 Å². The van der Waals surface area contributed by atoms with Crippen molar-refractivity contribution in [3.63, 3.8) is 0 Å². The van der Waals surface area contributed by atoms with Crippen LogP contribution < -0.4 is 0 Å². The number of hydrogen-bond acceptors (Lipinski definition) is 3. The molecule has 36 heavy (non-hydrogen) atoms. The Labute approximate surface area is 232 Å². The van der Waals surface area contributed by atoms with Crippen LogP contribution in [0.15, 0.2) is 62.9 Å². The van der Waals surface area contributed by atoms with Gasteiger partial charge in [-0.1, -0.05) is 91.8 Å². The molecule has 0 N–H and O–H groups in total. The van der Waals surface area contributed by atoms with Crippen molar-refractivity contribution in [2.75, 3.05) is 0 Å². The second-order valence-electron chi connectivity index (χ2n) is 10.00. The van der Waals surface area contributed by atoms with Gasteiger partial charge in [-0.3, -0.25) is 9.98 Å². The second kappa shape index (κ2) is 14.8. The summed E-state index contributed by atoms with van der Waals surface area (Å²) in [6.07, 6.45) is 3.65. The van der Waals surface area contributed by atoms with E-state index in [9.17, 15) is 0 Å². The molecular formula is C30H38Cl2FeN2O. The predicted octanol–water partition coefficient (Wildman–Crippen LogP) is 10.7. The molecule has 3 aromatic rings. The summed E-state index contributed by atoms with van der Waals surface area (Å²) in [4.78, 5) is 9.72. The van der Waals surface area contributed by atoms with E-state index in [0.717, 1.165) is 22.9 Å². The molecule has 196 valence electrons. The third kappa shape index (κ3) is 8.35. The Morgan fingerprint density at radius 1 is 0.583 bits per heavy atom. The van der Waals surface area contributed by atoms with Crippen molar-refractivity contribution in [2.45, 2.75) is 79.1 Å². The SMILES string of the molecule is CC(C)c1cccc(C(C)C)c1N=Cc1ccc(C=Nc2c(C(C)C)cccc2C(C)C)o1.[Cl][Fe][Cl]. The molecule has 0 unspecified atom stereocenters. The maximum atomic E-state index is 6.03. The quantitative estimate of drug-likeness (QED) is 0.196. The molecule has 0 bridgehead atoms. The summed E-state index contributed by atoms with van der Waals surface area (Å²) in [7, 11) is 9.53. The van der Waals surface area contributed by atoms with Gasteiger partial charge in [-0.2, -0.15) is 0 Å². The number of aliphatic imine (C=N–C) groups is 2. The predicted molar refractivity (Wildman–Crippen MR) is 154 cm³/mol. The van der Waals surface area contributed by atoms with E-state index in [2.05, 4.69) is 91.8 Å². The van der Waals surface area contributed by atoms with Gasteiger partial charge in [-0.25, -0.2) is 0 Å². The summed E-state index contributed by atoms with van der Waals surface area (Å²) in [6.45, 7) is 17.7. The van der Waals surface area contributed by atoms with Crippen LogP contribution in [-0.4, -0.2) is 12.4 Å². The molecule has 0 radical (unpaired) electrons. The molecule has 0 spiro atoms. The van der Waals surface area contributed by atoms with E-state index in [1.807, 2.05) is 24.6 Å². The number of hydrogen-bond donors (Lipinski definition) is 0. The van der Waals surface area contributed by atoms with Crippen LogP contribution in [0, 0.1) is 0 Å². The molecule has 1 heterocycles. The third-order valence-corrected chi connectivity index (χ3v) is 5.97. The Morgan fingerprint density at radius 3 is 1.11 bits per heavy atom. The molecule has 0 aliphatic rings. The Kier molecular flexibility index (Phi) is 12.5. The minimum absolute atomic E-state index is 0.194. The average Bonchev–Trinajstić information content (AvgIpc) is 3.28. The van der Waals surface area contributed by atoms with Gasteiger partial charge >= 0.3 is 33.3 Å². The number of nitrogens with zero attached hydrogens (tertiary/aromatic N) is 2. The zero-order valence-electron chi connectivity index (χ0n) is 22.5. The van der Waals surface area contributed by atoms with E-state index in [4.69, 9.17) is 34.6 Å². The van der Waals surface area contributed by atoms with Crippen molar-refractivity contribution in [1.82, 2.24) is 0 Å². The normalized spacial score (nSPS) is 12.1. The summed E-state index contributed by atoms with van der Waals surface area (Å²) in [6, 6.07) is 16.8. The van der Waals surface area contributed by atoms with Gasteiger partial charge < -0.3 is 4.42 Å². The standard InChI is InChI=1S/C30H38N2O.2ClH.Fe/c1-19(2)25-11-9-12-26(20(3)4)29(25)31-17-23-15-16-24(33-23)18-32-30-27(21(5)6)13-10-14-28(30)22(7)8;;;/h9-22H,1-8H3;2*1H;/q;;;+2/p-2. The molecule has 0 fully saturated rings. The topological polar surface area (TPSA) is 37.9 Å². The molecule has 6 heteroatoms. The van der Waals surface area contributed by atoms with Gasteiger partial charge in [0.2, 0.25) is 0 Å². The number of benzene rings is 2. The number of para-hydroxylation sites is 2. The van der Waals surface area contributed by atoms with Crippen LogP contribution in [0.2, 0.25) is 0 Å². The average molecular weight is 569 g/mol. The molecule has 0 saturated heterocycles. The summed E-state index contributed by atoms with van der Waals surface area (Å²) in [5.74, 6) is 3.09. The van der Waals surface area contributed by atoms with E-state index < -0.39 is 0 Å². The summed E-state index contributed by atoms with van der Waals surface area (Å²) in [5.41, 5.74) is 7.16. The Balaban J connectivity index is 0.00000145. The van der Waals surface area contributed by atoms with Gasteiger partial charge in [0, 0.05) is 0 Å². The molecule has 0 aliphatic carbocycles. The molecule has 0 amide bonds. The third-order valence-electron chi connectivity index (χ3n) is 5.97. The van der Waals surface area contributed by atoms with E-state index in [1.165, 1.54) is 22.3 Å². The van der Waals surface area contributed by atoms with Crippen LogP contribution in [0.5, 0.6) is 0 Å². The molecular weight excluding hydrogens is 531 g/mol. The number of furan rings is 1. The maximum absolute atomic E-state index is 6.03. The van der Waals surface area contributed by atoms with Gasteiger partial charge in [-0.05, 0) is 58.1 Å². The van der Waals surface area contributed by atoms with Crippen LogP contribution in [-0.2, 0) is 13.1 Å². The van der Waals surface area contributed by atoms with E-state index >= 15 is 0 Å². The van der Waals surface area contributed by atoms with Crippen molar-refractivity contribution >= 4 is 44.0 Å². The fourth-order valence-corrected chi connectivity index (χ4v) is 4.09. The van der Waals surface area contributed by atoms with Crippen LogP contribution in [0.3, 0.4) is 0 Å². The van der Waals surface area contributed by atoms with Gasteiger partial charge in [-0.15, -0.1) is 0 Å². The fourth-order valence-electron chi connectivity index (χ4n) is 4.09. The van der Waals surface area contributed by atoms with Crippen LogP contribution in [0.25, 0.3) is 0 Å². The zero-order chi connectivity index (χ0) is 26.8. The summed E-state index contributed by atoms with van der Waals surface area (Å²) >= 11 is 0.194. The zero-order valence-corrected chi connectivity index (χ0v) is 25.1. The van der Waals surface area contributed by atoms with Gasteiger partial charge in [0.25, 0.3) is 0 Å². The first-order valence-electron chi connectivity index (χ1n) is 12.4. The molecule has 3 nitrogen and oxygen atoms in total. The van der Waals surface area contributed by atoms with Gasteiger partial charge in [0.15, 0.2) is 0 Å². The fraction of sp³-hybridized carbons (Fsp3) is 0.400. The van der Waals surface area contributed by atoms with Crippen LogP contribution in [0.1, 0.15) is 113 Å². The summed E-state index contributed by atoms with van der Waals surface area (Å²) < 4.78 is 6.03. The molecule has 2 aromatic carbocycles. The van der Waals surface area contributed by atoms with Crippen molar-refractivity contribution in [3.05, 3.63) is 82.3 Å². The molecule has 0 atom stereocenters. The van der Waals surface area contributed by atoms with Gasteiger partial charge in [0.05, 0.1) is 23.8 Å². The Hall–Kier alpha value is -1.84. The molecule has 1 aromatic heterocycles. The number of halogens is 2. The minimum atomic E-state index is 0.194. The van der Waals surface area contributed by atoms with Crippen molar-refractivity contribution in [2.24, 2.45) is 9.98 Å². The second-order valence-corrected chi connectivity index (χ2v) is 11.8. The molecule has 3 rings (SSSR count). The van der Waals surface area contributed by atoms with Crippen molar-refractivity contribution < 1.29 is 17.6 Å². The first kappa shape index (κ1) is 30.4. The van der Waals surface area contributed by atoms with Crippen LogP contribution >= 0.6 is 20.2 Å². The number of rotatable bonds is 8. The first-order valence-corrected chi connectivity index (χ1v) is 15.4. The van der Waals surface area contributed by atoms with Crippen LogP contribution in [0.4, 0.5) is 11.4 Å². The summed E-state index contributed by atoms with van der Waals surface area (Å²) in [5, 5.41) is 0. The Bertz CT molecular complexity index is 1020. The van der Waals surface area contributed by atoms with Gasteiger partial charge in [0.1, 0.15) is 11.5 Å². The molecule has 0 saturated carbocycles.